The molecular formula is C67H124N+. The van der Waals surface area contributed by atoms with E-state index in [2.05, 4.69) is 87.6 Å². The van der Waals surface area contributed by atoms with E-state index in [1.54, 1.807) is 5.56 Å². The number of allylic oxidation sites excluding steroid dienone is 6. The fourth-order valence-electron chi connectivity index (χ4n) is 10.7. The fourth-order valence-corrected chi connectivity index (χ4v) is 10.7. The Balaban J connectivity index is 2.44. The van der Waals surface area contributed by atoms with Crippen molar-refractivity contribution in [3.05, 3.63) is 72.4 Å². The molecule has 0 aliphatic rings. The number of hydrogen-bond donors (Lipinski definition) is 0. The van der Waals surface area contributed by atoms with Crippen LogP contribution in [0.4, 0.5) is 0 Å². The quantitative estimate of drug-likeness (QED) is 0.0347. The van der Waals surface area contributed by atoms with Gasteiger partial charge in [0.05, 0.1) is 19.6 Å². The average molecular weight is 944 g/mol. The van der Waals surface area contributed by atoms with Gasteiger partial charge in [0.1, 0.15) is 6.54 Å². The van der Waals surface area contributed by atoms with Gasteiger partial charge in [-0.05, 0) is 96.3 Å². The number of benzene rings is 1. The Hall–Kier alpha value is -1.60. The van der Waals surface area contributed by atoms with Crippen LogP contribution in [0.5, 0.6) is 0 Å². The highest BCUT2D eigenvalue weighted by Crippen LogP contribution is 2.24. The molecule has 0 aliphatic heterocycles. The minimum atomic E-state index is 1.25. The van der Waals surface area contributed by atoms with E-state index in [-0.39, 0.29) is 0 Å². The van der Waals surface area contributed by atoms with Crippen molar-refractivity contribution in [1.29, 1.82) is 0 Å². The third-order valence-electron chi connectivity index (χ3n) is 15.2. The molecule has 0 radical (unpaired) electrons. The van der Waals surface area contributed by atoms with Crippen LogP contribution in [0.3, 0.4) is 0 Å². The molecule has 68 heavy (non-hydrogen) atoms. The van der Waals surface area contributed by atoms with E-state index in [4.69, 9.17) is 0 Å². The van der Waals surface area contributed by atoms with E-state index in [1.165, 1.54) is 339 Å². The Labute approximate surface area is 430 Å². The lowest BCUT2D eigenvalue weighted by atomic mass is 10.0. The largest absolute Gasteiger partial charge is 0.320 e. The maximum atomic E-state index is 2.43. The van der Waals surface area contributed by atoms with Crippen LogP contribution >= 0.6 is 0 Å². The Morgan fingerprint density at radius 3 is 0.691 bits per heavy atom. The third-order valence-corrected chi connectivity index (χ3v) is 15.2. The van der Waals surface area contributed by atoms with E-state index in [0.29, 0.717) is 0 Å². The molecule has 0 heterocycles. The summed E-state index contributed by atoms with van der Waals surface area (Å²) in [7, 11) is 0. The summed E-state index contributed by atoms with van der Waals surface area (Å²) in [5.41, 5.74) is 1.58. The van der Waals surface area contributed by atoms with Crippen LogP contribution < -0.4 is 0 Å². The lowest BCUT2D eigenvalue weighted by Gasteiger charge is -2.39. The minimum absolute atomic E-state index is 1.25. The maximum absolute atomic E-state index is 2.43. The first-order chi connectivity index (χ1) is 33.8. The third kappa shape index (κ3) is 46.8. The van der Waals surface area contributed by atoms with Gasteiger partial charge in [-0.25, -0.2) is 0 Å². The van der Waals surface area contributed by atoms with Crippen LogP contribution in [0.25, 0.3) is 0 Å². The minimum Gasteiger partial charge on any atom is -0.320 e. The highest BCUT2D eigenvalue weighted by molar-refractivity contribution is 5.13. The lowest BCUT2D eigenvalue weighted by Crippen LogP contribution is -2.49. The normalized spacial score (nSPS) is 12.3. The second-order valence-corrected chi connectivity index (χ2v) is 22.1. The molecule has 0 bridgehead atoms. The van der Waals surface area contributed by atoms with Gasteiger partial charge in [0.2, 0.25) is 0 Å². The number of quaternary nitrogens is 1. The summed E-state index contributed by atoms with van der Waals surface area (Å²) in [6, 6.07) is 11.7. The summed E-state index contributed by atoms with van der Waals surface area (Å²) in [6.45, 7) is 12.3. The van der Waals surface area contributed by atoms with Crippen LogP contribution in [0, 0.1) is 0 Å². The van der Waals surface area contributed by atoms with Gasteiger partial charge in [-0.15, -0.1) is 0 Å². The van der Waals surface area contributed by atoms with Crippen molar-refractivity contribution in [3.8, 4) is 0 Å². The molecule has 0 N–H and O–H groups in total. The van der Waals surface area contributed by atoms with Gasteiger partial charge in [-0.2, -0.15) is 0 Å². The molecule has 0 aromatic heterocycles. The van der Waals surface area contributed by atoms with Gasteiger partial charge in [0.15, 0.2) is 0 Å². The van der Waals surface area contributed by atoms with Crippen molar-refractivity contribution in [2.75, 3.05) is 19.6 Å². The predicted molar refractivity (Wildman–Crippen MR) is 311 cm³/mol. The zero-order valence-electron chi connectivity index (χ0n) is 47.1. The van der Waals surface area contributed by atoms with E-state index >= 15 is 0 Å². The summed E-state index contributed by atoms with van der Waals surface area (Å²) in [6.07, 6.45) is 82.3. The fraction of sp³-hybridized carbons (Fsp3) is 0.821. The first-order valence-electron chi connectivity index (χ1n) is 31.6. The topological polar surface area (TPSA) is 0 Å². The van der Waals surface area contributed by atoms with Gasteiger partial charge >= 0.3 is 0 Å². The van der Waals surface area contributed by atoms with Gasteiger partial charge in [0, 0.05) is 5.56 Å². The first kappa shape index (κ1) is 64.4. The monoisotopic (exact) mass is 943 g/mol. The number of hydrogen-bond acceptors (Lipinski definition) is 0. The molecule has 0 aliphatic carbocycles. The molecule has 0 saturated heterocycles. The Bertz CT molecular complexity index is 1050. The average Bonchev–Trinajstić information content (AvgIpc) is 3.35. The van der Waals surface area contributed by atoms with E-state index in [9.17, 15) is 0 Å². The standard InChI is InChI=1S/C67H124N/c1-4-7-10-13-16-19-22-25-28-31-34-37-40-43-46-49-52-58-63-68(66-67-61-56-55-57-62-67,64-59-53-50-47-44-41-38-35-32-29-26-23-20-17-14-11-8-5-2)65-60-54-51-48-45-42-39-36-33-30-27-24-21-18-15-12-9-6-3/h10-15,55-57,61-62H,4-9,16-54,58-60,63-66H2,1-3H3/q+1/b13-10+,14-11+,15-12+. The summed E-state index contributed by atoms with van der Waals surface area (Å²) < 4.78 is 1.35. The molecule has 1 aromatic rings. The highest BCUT2D eigenvalue weighted by atomic mass is 15.3. The SMILES string of the molecule is CCC/C=C/CCCCCCCCCCCCCCC[N+](CCCCCCCCCCCCCCC/C=C/CCC)(CCCCCCCCCCCCCCC/C=C/CCC)Cc1ccccc1. The lowest BCUT2D eigenvalue weighted by molar-refractivity contribution is -0.941. The van der Waals surface area contributed by atoms with E-state index < -0.39 is 0 Å². The van der Waals surface area contributed by atoms with Crippen LogP contribution in [0.15, 0.2) is 66.8 Å². The van der Waals surface area contributed by atoms with Crippen molar-refractivity contribution in [2.24, 2.45) is 0 Å². The van der Waals surface area contributed by atoms with Gasteiger partial charge in [-0.3, -0.25) is 0 Å². The summed E-state index contributed by atoms with van der Waals surface area (Å²) in [5, 5.41) is 0. The second kappa shape index (κ2) is 54.7. The van der Waals surface area contributed by atoms with Crippen LogP contribution in [0.1, 0.15) is 335 Å². The molecule has 0 atom stereocenters. The summed E-state index contributed by atoms with van der Waals surface area (Å²) in [5.74, 6) is 0. The van der Waals surface area contributed by atoms with Gasteiger partial charge in [-0.1, -0.05) is 299 Å². The van der Waals surface area contributed by atoms with E-state index in [0.717, 1.165) is 0 Å². The van der Waals surface area contributed by atoms with Crippen molar-refractivity contribution in [3.63, 3.8) is 0 Å². The van der Waals surface area contributed by atoms with Crippen LogP contribution in [0.2, 0.25) is 0 Å². The van der Waals surface area contributed by atoms with Crippen molar-refractivity contribution in [1.82, 2.24) is 0 Å². The van der Waals surface area contributed by atoms with Gasteiger partial charge in [0.25, 0.3) is 0 Å². The first-order valence-corrected chi connectivity index (χ1v) is 31.6. The molecular weight excluding hydrogens is 819 g/mol. The Morgan fingerprint density at radius 1 is 0.250 bits per heavy atom. The molecule has 1 nitrogen and oxygen atoms in total. The molecule has 0 fully saturated rings. The van der Waals surface area contributed by atoms with Crippen molar-refractivity contribution in [2.45, 2.75) is 336 Å². The maximum Gasteiger partial charge on any atom is 0.104 e. The molecule has 0 amide bonds. The molecule has 1 heteroatoms. The molecule has 396 valence electrons. The van der Waals surface area contributed by atoms with E-state index in [1.807, 2.05) is 0 Å². The van der Waals surface area contributed by atoms with Crippen LogP contribution in [-0.2, 0) is 6.54 Å². The van der Waals surface area contributed by atoms with Crippen LogP contribution in [-0.4, -0.2) is 24.1 Å². The van der Waals surface area contributed by atoms with Crippen molar-refractivity contribution >= 4 is 0 Å². The smallest absolute Gasteiger partial charge is 0.104 e. The Kier molecular flexibility index (Phi) is 51.8. The molecule has 0 spiro atoms. The number of rotatable bonds is 56. The predicted octanol–water partition coefficient (Wildman–Crippen LogP) is 23.5. The number of unbranched alkanes of at least 4 members (excludes halogenated alkanes) is 42. The molecule has 1 rings (SSSR count). The summed E-state index contributed by atoms with van der Waals surface area (Å²) in [4.78, 5) is 0. The Morgan fingerprint density at radius 2 is 0.456 bits per heavy atom. The highest BCUT2D eigenvalue weighted by Gasteiger charge is 2.27. The second-order valence-electron chi connectivity index (χ2n) is 22.1. The molecule has 0 unspecified atom stereocenters. The van der Waals surface area contributed by atoms with Crippen molar-refractivity contribution < 1.29 is 4.48 Å². The molecule has 0 saturated carbocycles. The number of nitrogens with zero attached hydrogens (tertiary/aromatic N) is 1. The summed E-state index contributed by atoms with van der Waals surface area (Å²) >= 11 is 0. The zero-order valence-corrected chi connectivity index (χ0v) is 47.1. The molecule has 1 aromatic carbocycles. The van der Waals surface area contributed by atoms with Gasteiger partial charge < -0.3 is 4.48 Å². The zero-order chi connectivity index (χ0) is 48.6.